The molecule has 3 aromatic heterocycles. The van der Waals surface area contributed by atoms with Crippen LogP contribution in [0.15, 0.2) is 57.7 Å². The maximum atomic E-state index is 13.5. The van der Waals surface area contributed by atoms with E-state index in [0.717, 1.165) is 0 Å². The van der Waals surface area contributed by atoms with Gasteiger partial charge >= 0.3 is 0 Å². The van der Waals surface area contributed by atoms with Gasteiger partial charge in [-0.2, -0.15) is 0 Å². The van der Waals surface area contributed by atoms with Crippen molar-refractivity contribution in [3.8, 4) is 17.2 Å². The Labute approximate surface area is 184 Å². The number of fused-ring (bicyclic) bond motifs is 1. The molecule has 32 heavy (non-hydrogen) atoms. The number of hydrogen-bond acceptors (Lipinski definition) is 7. The molecule has 0 saturated carbocycles. The Morgan fingerprint density at radius 3 is 2.72 bits per heavy atom. The van der Waals surface area contributed by atoms with Gasteiger partial charge in [-0.1, -0.05) is 17.3 Å². The zero-order valence-corrected chi connectivity index (χ0v) is 17.9. The molecule has 0 aliphatic heterocycles. The second-order valence-corrected chi connectivity index (χ2v) is 7.05. The highest BCUT2D eigenvalue weighted by atomic mass is 16.5. The molecule has 0 unspecified atom stereocenters. The zero-order valence-electron chi connectivity index (χ0n) is 17.9. The number of nitrogens with zero attached hydrogens (tertiary/aromatic N) is 3. The fourth-order valence-corrected chi connectivity index (χ4v) is 3.42. The Balaban J connectivity index is 1.63. The summed E-state index contributed by atoms with van der Waals surface area (Å²) in [5.41, 5.74) is 2.08. The monoisotopic (exact) mass is 434 g/mol. The minimum atomic E-state index is -0.344. The number of ether oxygens (including phenoxy) is 1. The molecule has 2 amide bonds. The van der Waals surface area contributed by atoms with Crippen molar-refractivity contribution in [2.75, 3.05) is 25.5 Å². The lowest BCUT2D eigenvalue weighted by atomic mass is 10.1. The number of hydrogen-bond donors (Lipinski definition) is 1. The molecular formula is C23H22N4O5. The summed E-state index contributed by atoms with van der Waals surface area (Å²) in [7, 11) is 1.53. The first-order valence-corrected chi connectivity index (χ1v) is 10.0. The molecule has 0 radical (unpaired) electrons. The maximum Gasteiger partial charge on any atom is 0.259 e. The van der Waals surface area contributed by atoms with Crippen molar-refractivity contribution in [3.63, 3.8) is 0 Å². The van der Waals surface area contributed by atoms with Crippen molar-refractivity contribution in [2.24, 2.45) is 0 Å². The van der Waals surface area contributed by atoms with Crippen LogP contribution in [0.4, 0.5) is 5.69 Å². The normalized spacial score (nSPS) is 10.8. The highest BCUT2D eigenvalue weighted by Crippen LogP contribution is 2.28. The SMILES string of the molecule is CCN(CC(=O)Nc1ccccc1OC)C(=O)c1cc(-c2ccco2)nc2onc(C)c12. The number of nitrogens with one attached hydrogen (secondary N) is 1. The number of rotatable bonds is 7. The van der Waals surface area contributed by atoms with Gasteiger partial charge in [0.15, 0.2) is 5.76 Å². The molecule has 4 rings (SSSR count). The molecule has 0 aliphatic carbocycles. The number of para-hydroxylation sites is 2. The first-order chi connectivity index (χ1) is 15.5. The lowest BCUT2D eigenvalue weighted by molar-refractivity contribution is -0.116. The zero-order chi connectivity index (χ0) is 22.7. The van der Waals surface area contributed by atoms with Gasteiger partial charge in [-0.15, -0.1) is 0 Å². The molecule has 0 atom stereocenters. The minimum absolute atomic E-state index is 0.141. The van der Waals surface area contributed by atoms with Crippen LogP contribution in [0.25, 0.3) is 22.6 Å². The van der Waals surface area contributed by atoms with Gasteiger partial charge in [0, 0.05) is 6.54 Å². The number of aromatic nitrogens is 2. The van der Waals surface area contributed by atoms with E-state index in [1.807, 2.05) is 6.07 Å². The summed E-state index contributed by atoms with van der Waals surface area (Å²) in [6.45, 7) is 3.72. The van der Waals surface area contributed by atoms with Gasteiger partial charge in [-0.05, 0) is 44.2 Å². The number of likely N-dealkylation sites (N-methyl/N-ethyl adjacent to an activating group) is 1. The van der Waals surface area contributed by atoms with Crippen LogP contribution in [0.1, 0.15) is 23.0 Å². The predicted octanol–water partition coefficient (Wildman–Crippen LogP) is 3.90. The number of methoxy groups -OCH3 is 1. The number of benzene rings is 1. The van der Waals surface area contributed by atoms with Crippen LogP contribution in [-0.2, 0) is 4.79 Å². The van der Waals surface area contributed by atoms with Crippen LogP contribution in [-0.4, -0.2) is 47.1 Å². The summed E-state index contributed by atoms with van der Waals surface area (Å²) in [6.07, 6.45) is 1.52. The van der Waals surface area contributed by atoms with Crippen LogP contribution in [0.2, 0.25) is 0 Å². The third kappa shape index (κ3) is 4.04. The van der Waals surface area contributed by atoms with Crippen LogP contribution in [0, 0.1) is 6.92 Å². The van der Waals surface area contributed by atoms with Gasteiger partial charge in [0.05, 0.1) is 35.7 Å². The van der Waals surface area contributed by atoms with Crippen molar-refractivity contribution < 1.29 is 23.3 Å². The van der Waals surface area contributed by atoms with Gasteiger partial charge in [-0.25, -0.2) is 4.98 Å². The molecule has 0 aliphatic rings. The van der Waals surface area contributed by atoms with Crippen LogP contribution < -0.4 is 10.1 Å². The van der Waals surface area contributed by atoms with Crippen molar-refractivity contribution in [1.82, 2.24) is 15.0 Å². The summed E-state index contributed by atoms with van der Waals surface area (Å²) >= 11 is 0. The number of aryl methyl sites for hydroxylation is 1. The standard InChI is InChI=1S/C23H22N4O5/c1-4-27(13-20(28)24-16-8-5-6-9-18(16)30-3)23(29)15-12-17(19-10-7-11-31-19)25-22-21(15)14(2)26-32-22/h5-12H,4,13H2,1-3H3,(H,24,28). The van der Waals surface area contributed by atoms with Crippen molar-refractivity contribution in [2.45, 2.75) is 13.8 Å². The highest BCUT2D eigenvalue weighted by molar-refractivity contribution is 6.08. The third-order valence-corrected chi connectivity index (χ3v) is 5.01. The molecule has 3 heterocycles. The third-order valence-electron chi connectivity index (χ3n) is 5.01. The molecule has 0 spiro atoms. The van der Waals surface area contributed by atoms with E-state index in [9.17, 15) is 9.59 Å². The lowest BCUT2D eigenvalue weighted by Gasteiger charge is -2.21. The molecule has 4 aromatic rings. The van der Waals surface area contributed by atoms with E-state index in [0.29, 0.717) is 46.1 Å². The number of anilines is 1. The topological polar surface area (TPSA) is 111 Å². The van der Waals surface area contributed by atoms with E-state index in [2.05, 4.69) is 15.5 Å². The largest absolute Gasteiger partial charge is 0.495 e. The average molecular weight is 434 g/mol. The first-order valence-electron chi connectivity index (χ1n) is 10.0. The minimum Gasteiger partial charge on any atom is -0.495 e. The molecule has 9 heteroatoms. The lowest BCUT2D eigenvalue weighted by Crippen LogP contribution is -2.38. The second kappa shape index (κ2) is 8.93. The van der Waals surface area contributed by atoms with E-state index >= 15 is 0 Å². The average Bonchev–Trinajstić information content (AvgIpc) is 3.47. The summed E-state index contributed by atoms with van der Waals surface area (Å²) in [6, 6.07) is 12.2. The van der Waals surface area contributed by atoms with Crippen molar-refractivity contribution >= 4 is 28.6 Å². The molecule has 0 saturated heterocycles. The van der Waals surface area contributed by atoms with Crippen LogP contribution in [0.3, 0.4) is 0 Å². The Morgan fingerprint density at radius 1 is 1.19 bits per heavy atom. The Bertz CT molecular complexity index is 1260. The molecule has 0 fully saturated rings. The molecule has 164 valence electrons. The Hall–Kier alpha value is -4.14. The quantitative estimate of drug-likeness (QED) is 0.470. The van der Waals surface area contributed by atoms with Crippen molar-refractivity contribution in [1.29, 1.82) is 0 Å². The number of furan rings is 1. The Morgan fingerprint density at radius 2 is 2.00 bits per heavy atom. The smallest absolute Gasteiger partial charge is 0.259 e. The summed E-state index contributed by atoms with van der Waals surface area (Å²) < 4.78 is 16.0. The van der Waals surface area contributed by atoms with E-state index in [-0.39, 0.29) is 24.1 Å². The van der Waals surface area contributed by atoms with E-state index in [1.54, 1.807) is 50.2 Å². The van der Waals surface area contributed by atoms with Crippen LogP contribution in [0.5, 0.6) is 5.75 Å². The van der Waals surface area contributed by atoms with Gasteiger partial charge < -0.3 is 23.9 Å². The predicted molar refractivity (Wildman–Crippen MR) is 117 cm³/mol. The summed E-state index contributed by atoms with van der Waals surface area (Å²) in [5.74, 6) is 0.346. The molecular weight excluding hydrogens is 412 g/mol. The molecule has 1 N–H and O–H groups in total. The van der Waals surface area contributed by atoms with E-state index in [1.165, 1.54) is 18.3 Å². The first kappa shape index (κ1) is 21.1. The van der Waals surface area contributed by atoms with Crippen LogP contribution >= 0.6 is 0 Å². The van der Waals surface area contributed by atoms with E-state index in [4.69, 9.17) is 13.7 Å². The maximum absolute atomic E-state index is 13.5. The van der Waals surface area contributed by atoms with Gasteiger partial charge in [0.25, 0.3) is 11.6 Å². The number of carbonyl (C=O) groups is 2. The highest BCUT2D eigenvalue weighted by Gasteiger charge is 2.25. The second-order valence-electron chi connectivity index (χ2n) is 7.05. The van der Waals surface area contributed by atoms with Gasteiger partial charge in [-0.3, -0.25) is 9.59 Å². The Kier molecular flexibility index (Phi) is 5.89. The van der Waals surface area contributed by atoms with Crippen molar-refractivity contribution in [3.05, 3.63) is 60.0 Å². The summed E-state index contributed by atoms with van der Waals surface area (Å²) in [5, 5.41) is 7.25. The van der Waals surface area contributed by atoms with Gasteiger partial charge in [0.2, 0.25) is 5.91 Å². The number of carbonyl (C=O) groups excluding carboxylic acids is 2. The summed E-state index contributed by atoms with van der Waals surface area (Å²) in [4.78, 5) is 32.0. The van der Waals surface area contributed by atoms with E-state index < -0.39 is 0 Å². The molecule has 1 aromatic carbocycles. The van der Waals surface area contributed by atoms with Gasteiger partial charge in [0.1, 0.15) is 18.0 Å². The fraction of sp³-hybridized carbons (Fsp3) is 0.217. The number of pyridine rings is 1. The molecule has 9 nitrogen and oxygen atoms in total. The fourth-order valence-electron chi connectivity index (χ4n) is 3.42. The number of amides is 2. The molecule has 0 bridgehead atoms.